The molecule has 1 aromatic carbocycles. The first-order valence-corrected chi connectivity index (χ1v) is 8.65. The molecular formula is C19H35BO2. The normalized spacial score (nSPS) is 18.0. The third-order valence-corrected chi connectivity index (χ3v) is 4.10. The number of rotatable bonds is 2. The molecule has 0 atom stereocenters. The summed E-state index contributed by atoms with van der Waals surface area (Å²) in [6, 6.07) is 8.30. The zero-order chi connectivity index (χ0) is 17.4. The molecule has 1 fully saturated rings. The first-order valence-electron chi connectivity index (χ1n) is 8.65. The maximum Gasteiger partial charge on any atom is 0.494 e. The standard InChI is InChI=1S/C13H19BO2.C4H10.C2H6/c1-10-6-8-11(9-7-10)14-15-12(2,3)13(4,5)16-14;1-3-4-2;1-2/h6-9H,1-5H3;3-4H2,1-2H3;1-2H3. The van der Waals surface area contributed by atoms with Gasteiger partial charge >= 0.3 is 7.12 Å². The van der Waals surface area contributed by atoms with Crippen LogP contribution in [0.3, 0.4) is 0 Å². The molecule has 3 heteroatoms. The summed E-state index contributed by atoms with van der Waals surface area (Å²) in [4.78, 5) is 0. The van der Waals surface area contributed by atoms with Crippen LogP contribution in [0.5, 0.6) is 0 Å². The van der Waals surface area contributed by atoms with Crippen LogP contribution >= 0.6 is 0 Å². The Labute approximate surface area is 138 Å². The van der Waals surface area contributed by atoms with Crippen molar-refractivity contribution in [3.05, 3.63) is 29.8 Å². The van der Waals surface area contributed by atoms with Gasteiger partial charge in [-0.25, -0.2) is 0 Å². The third-order valence-electron chi connectivity index (χ3n) is 4.10. The third kappa shape index (κ3) is 5.77. The molecular weight excluding hydrogens is 271 g/mol. The van der Waals surface area contributed by atoms with Gasteiger partial charge in [-0.3, -0.25) is 0 Å². The van der Waals surface area contributed by atoms with E-state index in [1.807, 2.05) is 13.8 Å². The van der Waals surface area contributed by atoms with Crippen LogP contribution in [0.15, 0.2) is 24.3 Å². The molecule has 0 aliphatic carbocycles. The van der Waals surface area contributed by atoms with Crippen LogP contribution in [0.4, 0.5) is 0 Å². The van der Waals surface area contributed by atoms with Crippen molar-refractivity contribution in [2.24, 2.45) is 0 Å². The van der Waals surface area contributed by atoms with Crippen LogP contribution < -0.4 is 5.46 Å². The lowest BCUT2D eigenvalue weighted by Gasteiger charge is -2.32. The zero-order valence-corrected chi connectivity index (χ0v) is 16.1. The van der Waals surface area contributed by atoms with Crippen molar-refractivity contribution in [2.75, 3.05) is 0 Å². The maximum atomic E-state index is 5.97. The lowest BCUT2D eigenvalue weighted by atomic mass is 9.79. The molecule has 0 spiro atoms. The molecule has 1 aliphatic heterocycles. The van der Waals surface area contributed by atoms with Crippen LogP contribution in [0, 0.1) is 6.92 Å². The summed E-state index contributed by atoms with van der Waals surface area (Å²) >= 11 is 0. The van der Waals surface area contributed by atoms with Crippen molar-refractivity contribution in [3.8, 4) is 0 Å². The van der Waals surface area contributed by atoms with Gasteiger partial charge in [0, 0.05) is 0 Å². The van der Waals surface area contributed by atoms with E-state index in [2.05, 4.69) is 72.7 Å². The van der Waals surface area contributed by atoms with Gasteiger partial charge in [0.25, 0.3) is 0 Å². The summed E-state index contributed by atoms with van der Waals surface area (Å²) in [5.74, 6) is 0. The van der Waals surface area contributed by atoms with Crippen molar-refractivity contribution in [3.63, 3.8) is 0 Å². The Morgan fingerprint density at radius 1 is 0.818 bits per heavy atom. The molecule has 0 bridgehead atoms. The number of unbranched alkanes of at least 4 members (excludes halogenated alkanes) is 1. The second kappa shape index (κ2) is 9.37. The van der Waals surface area contributed by atoms with Gasteiger partial charge in [-0.05, 0) is 40.1 Å². The number of benzene rings is 1. The fourth-order valence-corrected chi connectivity index (χ4v) is 1.70. The first-order chi connectivity index (χ1) is 10.2. The summed E-state index contributed by atoms with van der Waals surface area (Å²) in [5.41, 5.74) is 1.81. The Balaban J connectivity index is 0.000000640. The Morgan fingerprint density at radius 3 is 1.50 bits per heavy atom. The summed E-state index contributed by atoms with van der Waals surface area (Å²) in [6.07, 6.45) is 2.64. The summed E-state index contributed by atoms with van der Waals surface area (Å²) in [7, 11) is -0.245. The summed E-state index contributed by atoms with van der Waals surface area (Å²) in [5, 5.41) is 0. The van der Waals surface area contributed by atoms with Gasteiger partial charge in [0.1, 0.15) is 0 Å². The molecule has 1 saturated heterocycles. The highest BCUT2D eigenvalue weighted by atomic mass is 16.7. The minimum Gasteiger partial charge on any atom is -0.399 e. The average molecular weight is 306 g/mol. The van der Waals surface area contributed by atoms with Crippen LogP contribution in [0.2, 0.25) is 0 Å². The van der Waals surface area contributed by atoms with Crippen LogP contribution in [0.1, 0.15) is 73.8 Å². The van der Waals surface area contributed by atoms with Crippen LogP contribution in [-0.2, 0) is 9.31 Å². The monoisotopic (exact) mass is 306 g/mol. The molecule has 2 rings (SSSR count). The average Bonchev–Trinajstić information content (AvgIpc) is 2.70. The van der Waals surface area contributed by atoms with E-state index in [4.69, 9.17) is 9.31 Å². The van der Waals surface area contributed by atoms with Gasteiger partial charge in [-0.1, -0.05) is 70.4 Å². The van der Waals surface area contributed by atoms with Crippen molar-refractivity contribution in [2.45, 2.75) is 86.4 Å². The Hall–Kier alpha value is -0.795. The largest absolute Gasteiger partial charge is 0.494 e. The highest BCUT2D eigenvalue weighted by Crippen LogP contribution is 2.36. The topological polar surface area (TPSA) is 18.5 Å². The van der Waals surface area contributed by atoms with E-state index in [1.54, 1.807) is 0 Å². The molecule has 0 aromatic heterocycles. The van der Waals surface area contributed by atoms with Gasteiger partial charge < -0.3 is 9.31 Å². The SMILES string of the molecule is CC.CCCC.Cc1ccc(B2OC(C)(C)C(C)(C)O2)cc1. The van der Waals surface area contributed by atoms with E-state index in [0.29, 0.717) is 0 Å². The first kappa shape index (κ1) is 21.2. The predicted octanol–water partition coefficient (Wildman–Crippen LogP) is 5.13. The lowest BCUT2D eigenvalue weighted by molar-refractivity contribution is 0.00578. The molecule has 0 N–H and O–H groups in total. The molecule has 1 aromatic rings. The van der Waals surface area contributed by atoms with E-state index in [0.717, 1.165) is 5.46 Å². The molecule has 126 valence electrons. The van der Waals surface area contributed by atoms with Gasteiger partial charge in [-0.15, -0.1) is 0 Å². The van der Waals surface area contributed by atoms with E-state index < -0.39 is 0 Å². The van der Waals surface area contributed by atoms with Crippen molar-refractivity contribution in [1.82, 2.24) is 0 Å². The minimum atomic E-state index is -0.261. The van der Waals surface area contributed by atoms with E-state index >= 15 is 0 Å². The van der Waals surface area contributed by atoms with Gasteiger partial charge in [0.2, 0.25) is 0 Å². The molecule has 0 radical (unpaired) electrons. The second-order valence-corrected chi connectivity index (χ2v) is 6.50. The van der Waals surface area contributed by atoms with Crippen LogP contribution in [0.25, 0.3) is 0 Å². The van der Waals surface area contributed by atoms with Crippen LogP contribution in [-0.4, -0.2) is 18.3 Å². The van der Waals surface area contributed by atoms with E-state index in [1.165, 1.54) is 18.4 Å². The highest BCUT2D eigenvalue weighted by molar-refractivity contribution is 6.62. The number of hydrogen-bond donors (Lipinski definition) is 0. The quantitative estimate of drug-likeness (QED) is 0.705. The Kier molecular flexibility index (Phi) is 9.03. The highest BCUT2D eigenvalue weighted by Gasteiger charge is 2.51. The smallest absolute Gasteiger partial charge is 0.399 e. The van der Waals surface area contributed by atoms with Crippen molar-refractivity contribution < 1.29 is 9.31 Å². The van der Waals surface area contributed by atoms with Crippen molar-refractivity contribution in [1.29, 1.82) is 0 Å². The van der Waals surface area contributed by atoms with Crippen molar-refractivity contribution >= 4 is 12.6 Å². The van der Waals surface area contributed by atoms with E-state index in [-0.39, 0.29) is 18.3 Å². The number of hydrogen-bond acceptors (Lipinski definition) is 2. The molecule has 0 saturated carbocycles. The number of aryl methyl sites for hydroxylation is 1. The molecule has 0 amide bonds. The van der Waals surface area contributed by atoms with Gasteiger partial charge in [-0.2, -0.15) is 0 Å². The molecule has 1 aliphatic rings. The Morgan fingerprint density at radius 2 is 1.18 bits per heavy atom. The Bertz CT molecular complexity index is 392. The predicted molar refractivity (Wildman–Crippen MR) is 98.8 cm³/mol. The van der Waals surface area contributed by atoms with Gasteiger partial charge in [0.15, 0.2) is 0 Å². The fourth-order valence-electron chi connectivity index (χ4n) is 1.70. The molecule has 2 nitrogen and oxygen atoms in total. The fraction of sp³-hybridized carbons (Fsp3) is 0.684. The lowest BCUT2D eigenvalue weighted by Crippen LogP contribution is -2.41. The molecule has 0 unspecified atom stereocenters. The minimum absolute atomic E-state index is 0.245. The van der Waals surface area contributed by atoms with E-state index in [9.17, 15) is 0 Å². The maximum absolute atomic E-state index is 5.97. The molecule has 22 heavy (non-hydrogen) atoms. The zero-order valence-electron chi connectivity index (χ0n) is 16.1. The van der Waals surface area contributed by atoms with Gasteiger partial charge in [0.05, 0.1) is 11.2 Å². The second-order valence-electron chi connectivity index (χ2n) is 6.50. The summed E-state index contributed by atoms with van der Waals surface area (Å²) in [6.45, 7) is 18.7. The molecule has 1 heterocycles. The summed E-state index contributed by atoms with van der Waals surface area (Å²) < 4.78 is 11.9.